The third-order valence-corrected chi connectivity index (χ3v) is 3.96. The molecule has 5 nitrogen and oxygen atoms in total. The Morgan fingerprint density at radius 2 is 1.81 bits per heavy atom. The molecule has 0 amide bonds. The minimum absolute atomic E-state index is 0.0758. The van der Waals surface area contributed by atoms with Crippen LogP contribution < -0.4 is 0 Å². The summed E-state index contributed by atoms with van der Waals surface area (Å²) in [7, 11) is -3.32. The lowest BCUT2D eigenvalue weighted by Crippen LogP contribution is -2.38. The van der Waals surface area contributed by atoms with Gasteiger partial charge in [-0.05, 0) is 19.8 Å². The maximum absolute atomic E-state index is 11.8. The van der Waals surface area contributed by atoms with Crippen molar-refractivity contribution in [2.45, 2.75) is 33.6 Å². The van der Waals surface area contributed by atoms with Crippen LogP contribution >= 0.6 is 0 Å². The fraction of sp³-hybridized carbons (Fsp3) is 0.900. The number of carbonyl (C=O) groups is 1. The summed E-state index contributed by atoms with van der Waals surface area (Å²) in [6, 6.07) is 0. The molecule has 6 heteroatoms. The average Bonchev–Trinajstić information content (AvgIpc) is 2.17. The van der Waals surface area contributed by atoms with Crippen molar-refractivity contribution in [3.63, 3.8) is 0 Å². The monoisotopic (exact) mass is 251 g/mol. The summed E-state index contributed by atoms with van der Waals surface area (Å²) in [5.41, 5.74) is 0. The average molecular weight is 251 g/mol. The van der Waals surface area contributed by atoms with Gasteiger partial charge in [-0.3, -0.25) is 4.79 Å². The Balaban J connectivity index is 4.54. The lowest BCUT2D eigenvalue weighted by atomic mass is 10.5. The molecule has 0 rings (SSSR count). The molecule has 0 aromatic carbocycles. The number of hydrogen-bond donors (Lipinski definition) is 0. The molecule has 0 aromatic rings. The third kappa shape index (κ3) is 5.46. The van der Waals surface area contributed by atoms with E-state index in [4.69, 9.17) is 4.74 Å². The molecule has 0 saturated carbocycles. The van der Waals surface area contributed by atoms with E-state index in [2.05, 4.69) is 0 Å². The summed E-state index contributed by atoms with van der Waals surface area (Å²) in [6.45, 7) is 5.83. The highest BCUT2D eigenvalue weighted by atomic mass is 32.2. The third-order valence-electron chi connectivity index (χ3n) is 1.94. The molecule has 0 aliphatic carbocycles. The van der Waals surface area contributed by atoms with E-state index in [1.165, 1.54) is 4.31 Å². The van der Waals surface area contributed by atoms with Gasteiger partial charge < -0.3 is 4.74 Å². The maximum atomic E-state index is 11.8. The second kappa shape index (κ2) is 7.62. The molecule has 0 bridgehead atoms. The summed E-state index contributed by atoms with van der Waals surface area (Å²) in [6.07, 6.45) is 1.23. The molecule has 0 unspecified atom stereocenters. The van der Waals surface area contributed by atoms with Gasteiger partial charge in [0.25, 0.3) is 0 Å². The topological polar surface area (TPSA) is 63.7 Å². The first kappa shape index (κ1) is 15.4. The zero-order valence-corrected chi connectivity index (χ0v) is 11.0. The Kier molecular flexibility index (Phi) is 7.33. The van der Waals surface area contributed by atoms with Crippen LogP contribution in [0.4, 0.5) is 0 Å². The van der Waals surface area contributed by atoms with Gasteiger partial charge in [0.2, 0.25) is 10.0 Å². The van der Waals surface area contributed by atoms with Crippen LogP contribution in [-0.4, -0.2) is 44.1 Å². The summed E-state index contributed by atoms with van der Waals surface area (Å²) < 4.78 is 29.5. The molecule has 0 aliphatic rings. The van der Waals surface area contributed by atoms with Gasteiger partial charge >= 0.3 is 5.97 Å². The van der Waals surface area contributed by atoms with Crippen LogP contribution in [0.5, 0.6) is 0 Å². The molecular weight excluding hydrogens is 230 g/mol. The van der Waals surface area contributed by atoms with Gasteiger partial charge in [0, 0.05) is 6.54 Å². The summed E-state index contributed by atoms with van der Waals surface area (Å²) in [5, 5.41) is 0. The lowest BCUT2D eigenvalue weighted by Gasteiger charge is -2.20. The first-order valence-electron chi connectivity index (χ1n) is 5.61. The molecule has 0 heterocycles. The Labute approximate surface area is 97.8 Å². The van der Waals surface area contributed by atoms with E-state index in [1.54, 1.807) is 13.8 Å². The highest BCUT2D eigenvalue weighted by molar-refractivity contribution is 7.89. The van der Waals surface area contributed by atoms with Gasteiger partial charge in [-0.1, -0.05) is 13.8 Å². The first-order chi connectivity index (χ1) is 7.47. The SMILES string of the molecule is CCCN(CC(=O)OCC)S(=O)(=O)CCC. The van der Waals surface area contributed by atoms with Crippen LogP contribution in [-0.2, 0) is 19.6 Å². The van der Waals surface area contributed by atoms with Gasteiger partial charge in [-0.25, -0.2) is 8.42 Å². The Morgan fingerprint density at radius 3 is 2.25 bits per heavy atom. The van der Waals surface area contributed by atoms with E-state index in [-0.39, 0.29) is 18.9 Å². The zero-order chi connectivity index (χ0) is 12.6. The molecule has 0 spiro atoms. The second-order valence-corrected chi connectivity index (χ2v) is 5.54. The van der Waals surface area contributed by atoms with Crippen molar-refractivity contribution in [1.29, 1.82) is 0 Å². The maximum Gasteiger partial charge on any atom is 0.321 e. The molecule has 0 aromatic heterocycles. The van der Waals surface area contributed by atoms with Crippen LogP contribution in [0.3, 0.4) is 0 Å². The van der Waals surface area contributed by atoms with Crippen molar-refractivity contribution in [3.8, 4) is 0 Å². The summed E-state index contributed by atoms with van der Waals surface area (Å²) in [5.74, 6) is -0.414. The van der Waals surface area contributed by atoms with E-state index >= 15 is 0 Å². The van der Waals surface area contributed by atoms with Crippen molar-refractivity contribution in [1.82, 2.24) is 4.31 Å². The van der Waals surface area contributed by atoms with Crippen LogP contribution in [0.15, 0.2) is 0 Å². The number of ether oxygens (including phenoxy) is 1. The second-order valence-electron chi connectivity index (χ2n) is 3.45. The Hall–Kier alpha value is -0.620. The fourth-order valence-corrected chi connectivity index (χ4v) is 2.84. The van der Waals surface area contributed by atoms with Crippen molar-refractivity contribution in [2.75, 3.05) is 25.4 Å². The number of esters is 1. The standard InChI is InChI=1S/C10H21NO4S/c1-4-7-11(9-10(12)15-6-3)16(13,14)8-5-2/h4-9H2,1-3H3. The fourth-order valence-electron chi connectivity index (χ4n) is 1.30. The van der Waals surface area contributed by atoms with Gasteiger partial charge in [0.15, 0.2) is 0 Å². The number of rotatable bonds is 8. The predicted octanol–water partition coefficient (Wildman–Crippen LogP) is 1.00. The molecule has 0 atom stereocenters. The minimum Gasteiger partial charge on any atom is -0.465 e. The quantitative estimate of drug-likeness (QED) is 0.604. The smallest absolute Gasteiger partial charge is 0.321 e. The largest absolute Gasteiger partial charge is 0.465 e. The highest BCUT2D eigenvalue weighted by Gasteiger charge is 2.23. The molecule has 0 aliphatic heterocycles. The molecule has 0 fully saturated rings. The number of hydrogen-bond acceptors (Lipinski definition) is 4. The van der Waals surface area contributed by atoms with Gasteiger partial charge in [0.1, 0.15) is 6.54 Å². The van der Waals surface area contributed by atoms with Crippen LogP contribution in [0.25, 0.3) is 0 Å². The summed E-state index contributed by atoms with van der Waals surface area (Å²) in [4.78, 5) is 11.3. The number of carbonyl (C=O) groups excluding carboxylic acids is 1. The molecular formula is C10H21NO4S. The number of sulfonamides is 1. The van der Waals surface area contributed by atoms with Crippen molar-refractivity contribution in [3.05, 3.63) is 0 Å². The lowest BCUT2D eigenvalue weighted by molar-refractivity contribution is -0.143. The number of nitrogens with zero attached hydrogens (tertiary/aromatic N) is 1. The molecule has 96 valence electrons. The Morgan fingerprint density at radius 1 is 1.19 bits per heavy atom. The van der Waals surface area contributed by atoms with Crippen LogP contribution in [0, 0.1) is 0 Å². The summed E-state index contributed by atoms with van der Waals surface area (Å²) >= 11 is 0. The Bertz CT molecular complexity index is 300. The minimum atomic E-state index is -3.32. The first-order valence-corrected chi connectivity index (χ1v) is 7.22. The van der Waals surface area contributed by atoms with Crippen molar-refractivity contribution < 1.29 is 17.9 Å². The van der Waals surface area contributed by atoms with E-state index in [1.807, 2.05) is 6.92 Å². The molecule has 0 N–H and O–H groups in total. The van der Waals surface area contributed by atoms with Gasteiger partial charge in [0.05, 0.1) is 12.4 Å². The van der Waals surface area contributed by atoms with Crippen LogP contribution in [0.2, 0.25) is 0 Å². The van der Waals surface area contributed by atoms with E-state index in [9.17, 15) is 13.2 Å². The van der Waals surface area contributed by atoms with Gasteiger partial charge in [-0.15, -0.1) is 0 Å². The van der Waals surface area contributed by atoms with E-state index in [0.717, 1.165) is 0 Å². The normalized spacial score (nSPS) is 11.8. The van der Waals surface area contributed by atoms with Crippen molar-refractivity contribution >= 4 is 16.0 Å². The van der Waals surface area contributed by atoms with E-state index < -0.39 is 16.0 Å². The molecule has 0 saturated heterocycles. The van der Waals surface area contributed by atoms with Crippen molar-refractivity contribution in [2.24, 2.45) is 0 Å². The molecule has 16 heavy (non-hydrogen) atoms. The van der Waals surface area contributed by atoms with E-state index in [0.29, 0.717) is 19.4 Å². The highest BCUT2D eigenvalue weighted by Crippen LogP contribution is 2.05. The zero-order valence-electron chi connectivity index (χ0n) is 10.2. The predicted molar refractivity (Wildman–Crippen MR) is 62.6 cm³/mol. The van der Waals surface area contributed by atoms with Gasteiger partial charge in [-0.2, -0.15) is 4.31 Å². The molecule has 0 radical (unpaired) electrons. The van der Waals surface area contributed by atoms with Crippen LogP contribution in [0.1, 0.15) is 33.6 Å².